The second-order valence-electron chi connectivity index (χ2n) is 11.2. The first-order chi connectivity index (χ1) is 13.3. The number of fused-ring (bicyclic) bond motifs is 2. The summed E-state index contributed by atoms with van der Waals surface area (Å²) in [6.45, 7) is 18.4. The molecule has 2 aliphatic rings. The smallest absolute Gasteiger partial charge is 0.319 e. The van der Waals surface area contributed by atoms with E-state index in [0.717, 1.165) is 12.8 Å². The van der Waals surface area contributed by atoms with Crippen molar-refractivity contribution in [2.45, 2.75) is 76.8 Å². The quantitative estimate of drug-likeness (QED) is 0.307. The molecule has 2 aliphatic carbocycles. The van der Waals surface area contributed by atoms with Crippen LogP contribution in [0.4, 0.5) is 0 Å². The Balaban J connectivity index is 2.12. The van der Waals surface area contributed by atoms with Crippen LogP contribution in [0.25, 0.3) is 0 Å². The molecule has 29 heavy (non-hydrogen) atoms. The largest absolute Gasteiger partial charge is 0.468 e. The molecule has 1 aromatic carbocycles. The van der Waals surface area contributed by atoms with E-state index in [0.29, 0.717) is 19.3 Å². The zero-order valence-corrected chi connectivity index (χ0v) is 21.2. The van der Waals surface area contributed by atoms with E-state index >= 15 is 0 Å². The highest BCUT2D eigenvalue weighted by molar-refractivity contribution is 6.98. The number of hydrogen-bond donors (Lipinski definition) is 0. The molecule has 0 saturated heterocycles. The normalized spacial score (nSPS) is 26.7. The molecular weight excluding hydrogens is 392 g/mol. The third-order valence-electron chi connectivity index (χ3n) is 7.03. The van der Waals surface area contributed by atoms with Crippen molar-refractivity contribution >= 4 is 38.3 Å². The lowest BCUT2D eigenvalue weighted by Crippen LogP contribution is -2.60. The Hall–Kier alpha value is -1.47. The van der Waals surface area contributed by atoms with Crippen LogP contribution in [0.2, 0.25) is 39.3 Å². The summed E-state index contributed by atoms with van der Waals surface area (Å²) in [5.41, 5.74) is 1.67. The van der Waals surface area contributed by atoms with Crippen molar-refractivity contribution < 1.29 is 14.3 Å². The van der Waals surface area contributed by atoms with Gasteiger partial charge in [0.05, 0.1) is 23.3 Å². The zero-order chi connectivity index (χ0) is 21.8. The van der Waals surface area contributed by atoms with Crippen LogP contribution in [0.5, 0.6) is 0 Å². The van der Waals surface area contributed by atoms with Gasteiger partial charge in [-0.1, -0.05) is 67.9 Å². The van der Waals surface area contributed by atoms with Crippen molar-refractivity contribution in [1.82, 2.24) is 0 Å². The van der Waals surface area contributed by atoms with Gasteiger partial charge in [-0.15, -0.1) is 6.58 Å². The first kappa shape index (κ1) is 22.2. The van der Waals surface area contributed by atoms with E-state index in [4.69, 9.17) is 4.74 Å². The number of esters is 1. The summed E-state index contributed by atoms with van der Waals surface area (Å²) in [4.78, 5) is 25.7. The van der Waals surface area contributed by atoms with E-state index in [9.17, 15) is 9.59 Å². The molecule has 0 aromatic heterocycles. The van der Waals surface area contributed by atoms with Crippen LogP contribution in [0, 0.1) is 5.41 Å². The van der Waals surface area contributed by atoms with E-state index in [1.807, 2.05) is 0 Å². The average Bonchev–Trinajstić information content (AvgIpc) is 2.60. The molecule has 0 radical (unpaired) electrons. The lowest BCUT2D eigenvalue weighted by Gasteiger charge is -2.52. The molecule has 0 amide bonds. The fourth-order valence-electron chi connectivity index (χ4n) is 5.51. The first-order valence-electron chi connectivity index (χ1n) is 10.7. The topological polar surface area (TPSA) is 43.4 Å². The highest BCUT2D eigenvalue weighted by Gasteiger charge is 2.58. The van der Waals surface area contributed by atoms with E-state index in [1.165, 1.54) is 18.2 Å². The van der Waals surface area contributed by atoms with Gasteiger partial charge >= 0.3 is 5.97 Å². The summed E-state index contributed by atoms with van der Waals surface area (Å²) >= 11 is 0. The summed E-state index contributed by atoms with van der Waals surface area (Å²) in [6, 6.07) is 4.95. The maximum atomic E-state index is 12.9. The number of carbonyl (C=O) groups is 2. The Kier molecular flexibility index (Phi) is 5.40. The Labute approximate surface area is 177 Å². The molecule has 1 spiro atoms. The van der Waals surface area contributed by atoms with Crippen molar-refractivity contribution in [3.8, 4) is 0 Å². The number of ether oxygens (including phenoxy) is 1. The third-order valence-corrected chi connectivity index (χ3v) is 11.3. The molecule has 2 unspecified atom stereocenters. The number of rotatable bonds is 5. The van der Waals surface area contributed by atoms with Crippen LogP contribution in [-0.4, -0.2) is 35.0 Å². The summed E-state index contributed by atoms with van der Waals surface area (Å²) in [5.74, 6) is -0.369. The number of benzene rings is 1. The minimum atomic E-state index is -1.52. The van der Waals surface area contributed by atoms with Crippen molar-refractivity contribution in [2.24, 2.45) is 5.41 Å². The molecule has 0 bridgehead atoms. The lowest BCUT2D eigenvalue weighted by atomic mass is 9.50. The second kappa shape index (κ2) is 7.05. The van der Waals surface area contributed by atoms with Crippen LogP contribution < -0.4 is 10.4 Å². The Morgan fingerprint density at radius 1 is 1.14 bits per heavy atom. The molecule has 0 aliphatic heterocycles. The summed E-state index contributed by atoms with van der Waals surface area (Å²) in [7, 11) is -1.58. The first-order valence-corrected chi connectivity index (χ1v) is 17.7. The zero-order valence-electron chi connectivity index (χ0n) is 19.2. The molecule has 1 fully saturated rings. The Morgan fingerprint density at radius 3 is 2.24 bits per heavy atom. The van der Waals surface area contributed by atoms with Gasteiger partial charge in [-0.3, -0.25) is 9.59 Å². The van der Waals surface area contributed by atoms with Crippen molar-refractivity contribution in [3.05, 3.63) is 35.9 Å². The molecule has 3 nitrogen and oxygen atoms in total. The maximum Gasteiger partial charge on any atom is 0.319 e. The standard InChI is InChI=1S/C24H36O3Si2/c1-9-11-24(22(26)27-2)16-23(12-10-21(24)25)15-17-13-19(28(3,4)5)20(14-18(17)23)29(6,7)8/h9,13-14H,1,10-12,15-16H2,2-8H3. The average molecular weight is 429 g/mol. The van der Waals surface area contributed by atoms with E-state index in [1.54, 1.807) is 16.4 Å². The van der Waals surface area contributed by atoms with Gasteiger partial charge in [0.2, 0.25) is 0 Å². The molecular formula is C24H36O3Si2. The van der Waals surface area contributed by atoms with Crippen molar-refractivity contribution in [3.63, 3.8) is 0 Å². The maximum absolute atomic E-state index is 12.9. The summed E-state index contributed by atoms with van der Waals surface area (Å²) in [6.07, 6.45) is 4.88. The number of carbonyl (C=O) groups excluding carboxylic acids is 2. The molecule has 0 N–H and O–H groups in total. The number of ketones is 1. The fourth-order valence-corrected chi connectivity index (χ4v) is 10.7. The predicted molar refractivity (Wildman–Crippen MR) is 126 cm³/mol. The van der Waals surface area contributed by atoms with Crippen LogP contribution in [-0.2, 0) is 26.2 Å². The number of hydrogen-bond acceptors (Lipinski definition) is 3. The SMILES string of the molecule is C=CCC1(C(=O)OC)CC2(CCC1=O)Cc1cc([Si](C)(C)C)c([Si](C)(C)C)cc12. The Bertz CT molecular complexity index is 865. The van der Waals surface area contributed by atoms with Gasteiger partial charge in [0, 0.05) is 11.8 Å². The van der Waals surface area contributed by atoms with Gasteiger partial charge in [0.25, 0.3) is 0 Å². The van der Waals surface area contributed by atoms with E-state index < -0.39 is 21.6 Å². The van der Waals surface area contributed by atoms with Crippen LogP contribution in [0.15, 0.2) is 24.8 Å². The lowest BCUT2D eigenvalue weighted by molar-refractivity contribution is -0.162. The van der Waals surface area contributed by atoms with Gasteiger partial charge in [0.1, 0.15) is 5.41 Å². The number of allylic oxidation sites excluding steroid dienone is 1. The van der Waals surface area contributed by atoms with Crippen molar-refractivity contribution in [2.75, 3.05) is 7.11 Å². The summed E-state index contributed by atoms with van der Waals surface area (Å²) in [5, 5.41) is 3.17. The molecule has 3 rings (SSSR count). The monoisotopic (exact) mass is 428 g/mol. The number of methoxy groups -OCH3 is 1. The summed E-state index contributed by atoms with van der Waals surface area (Å²) < 4.78 is 5.11. The van der Waals surface area contributed by atoms with Crippen LogP contribution in [0.3, 0.4) is 0 Å². The van der Waals surface area contributed by atoms with Gasteiger partial charge in [-0.2, -0.15) is 0 Å². The highest BCUT2D eigenvalue weighted by atomic mass is 28.3. The van der Waals surface area contributed by atoms with Gasteiger partial charge in [-0.25, -0.2) is 0 Å². The Morgan fingerprint density at radius 2 is 1.72 bits per heavy atom. The van der Waals surface area contributed by atoms with Gasteiger partial charge in [0.15, 0.2) is 5.78 Å². The van der Waals surface area contributed by atoms with Crippen LogP contribution in [0.1, 0.15) is 36.8 Å². The molecule has 158 valence electrons. The number of Topliss-reactive ketones (excluding diaryl/α,β-unsaturated/α-hetero) is 1. The highest BCUT2D eigenvalue weighted by Crippen LogP contribution is 2.56. The van der Waals surface area contributed by atoms with Crippen molar-refractivity contribution in [1.29, 1.82) is 0 Å². The second-order valence-corrected chi connectivity index (χ2v) is 21.3. The van der Waals surface area contributed by atoms with E-state index in [-0.39, 0.29) is 17.2 Å². The minimum absolute atomic E-state index is 0.0208. The van der Waals surface area contributed by atoms with E-state index in [2.05, 4.69) is 58.0 Å². The fraction of sp³-hybridized carbons (Fsp3) is 0.583. The molecule has 1 aromatic rings. The predicted octanol–water partition coefficient (Wildman–Crippen LogP) is 4.06. The third kappa shape index (κ3) is 3.50. The molecule has 0 heterocycles. The minimum Gasteiger partial charge on any atom is -0.468 e. The molecule has 1 saturated carbocycles. The molecule has 2 atom stereocenters. The molecule has 5 heteroatoms. The van der Waals surface area contributed by atoms with Crippen LogP contribution >= 0.6 is 0 Å². The van der Waals surface area contributed by atoms with Gasteiger partial charge < -0.3 is 4.74 Å². The van der Waals surface area contributed by atoms with Gasteiger partial charge in [-0.05, 0) is 36.8 Å².